The number of alkyl halides is 2. The highest BCUT2D eigenvalue weighted by atomic mass is 79.9. The number of hydrogen-bond donors (Lipinski definition) is 2. The summed E-state index contributed by atoms with van der Waals surface area (Å²) in [6.45, 7) is 0.795. The van der Waals surface area contributed by atoms with Crippen molar-refractivity contribution >= 4 is 34.2 Å². The molecule has 0 heterocycles. The minimum atomic E-state index is -3.14. The van der Waals surface area contributed by atoms with Crippen LogP contribution in [0.2, 0.25) is 0 Å². The van der Waals surface area contributed by atoms with Gasteiger partial charge in [-0.15, -0.1) is 12.4 Å². The van der Waals surface area contributed by atoms with Gasteiger partial charge in [0, 0.05) is 5.56 Å². The van der Waals surface area contributed by atoms with Gasteiger partial charge in [0.1, 0.15) is 0 Å². The number of halogens is 4. The van der Waals surface area contributed by atoms with Crippen molar-refractivity contribution in [2.75, 3.05) is 26.8 Å². The lowest BCUT2D eigenvalue weighted by Gasteiger charge is -2.16. The maximum atomic E-state index is 13.1. The third-order valence-electron chi connectivity index (χ3n) is 2.75. The van der Waals surface area contributed by atoms with Crippen LogP contribution in [-0.2, 0) is 0 Å². The zero-order valence-electron chi connectivity index (χ0n) is 12.8. The van der Waals surface area contributed by atoms with Gasteiger partial charge in [0.25, 0.3) is 11.8 Å². The van der Waals surface area contributed by atoms with Crippen LogP contribution in [0.25, 0.3) is 0 Å². The predicted molar refractivity (Wildman–Crippen MR) is 90.1 cm³/mol. The summed E-state index contributed by atoms with van der Waals surface area (Å²) < 4.78 is 37.3. The third kappa shape index (κ3) is 6.48. The van der Waals surface area contributed by atoms with Crippen LogP contribution >= 0.6 is 28.3 Å². The Morgan fingerprint density at radius 1 is 1.43 bits per heavy atom. The molecule has 0 aliphatic heterocycles. The number of benzene rings is 1. The summed E-state index contributed by atoms with van der Waals surface area (Å²) in [5, 5.41) is 2.15. The number of hydrogen-bond acceptors (Lipinski definition) is 4. The van der Waals surface area contributed by atoms with E-state index in [1.807, 2.05) is 6.92 Å². The molecule has 0 saturated heterocycles. The SMILES string of the molecule is CCCOc1c(Br)cc(C(=O)NCC(F)(F)CN)cc1OC.Cl. The first-order chi connectivity index (χ1) is 10.3. The highest BCUT2D eigenvalue weighted by Crippen LogP contribution is 2.36. The number of ether oxygens (including phenoxy) is 2. The average Bonchev–Trinajstić information content (AvgIpc) is 2.50. The van der Waals surface area contributed by atoms with Crippen molar-refractivity contribution in [3.05, 3.63) is 22.2 Å². The topological polar surface area (TPSA) is 73.6 Å². The van der Waals surface area contributed by atoms with Crippen molar-refractivity contribution in [2.24, 2.45) is 5.73 Å². The van der Waals surface area contributed by atoms with Crippen LogP contribution in [0, 0.1) is 0 Å². The average molecular weight is 418 g/mol. The van der Waals surface area contributed by atoms with E-state index in [-0.39, 0.29) is 18.0 Å². The number of rotatable bonds is 8. The molecule has 0 aromatic heterocycles. The molecule has 0 bridgehead atoms. The van der Waals surface area contributed by atoms with E-state index in [4.69, 9.17) is 15.2 Å². The molecule has 9 heteroatoms. The van der Waals surface area contributed by atoms with Crippen molar-refractivity contribution in [3.63, 3.8) is 0 Å². The van der Waals surface area contributed by atoms with Crippen LogP contribution in [0.15, 0.2) is 16.6 Å². The molecule has 1 aromatic rings. The summed E-state index contributed by atoms with van der Waals surface area (Å²) in [6, 6.07) is 2.93. The molecule has 1 aromatic carbocycles. The summed E-state index contributed by atoms with van der Waals surface area (Å²) in [5.41, 5.74) is 5.10. The fourth-order valence-electron chi connectivity index (χ4n) is 1.58. The second kappa shape index (κ2) is 9.89. The Kier molecular flexibility index (Phi) is 9.41. The number of methoxy groups -OCH3 is 1. The largest absolute Gasteiger partial charge is 0.493 e. The van der Waals surface area contributed by atoms with Gasteiger partial charge in [-0.1, -0.05) is 6.92 Å². The van der Waals surface area contributed by atoms with Crippen molar-refractivity contribution < 1.29 is 23.0 Å². The molecule has 0 fully saturated rings. The lowest BCUT2D eigenvalue weighted by molar-refractivity contribution is 0.0118. The maximum Gasteiger partial charge on any atom is 0.277 e. The Hall–Kier alpha value is -1.12. The fourth-order valence-corrected chi connectivity index (χ4v) is 2.14. The third-order valence-corrected chi connectivity index (χ3v) is 3.34. The molecule has 0 atom stereocenters. The van der Waals surface area contributed by atoms with Crippen molar-refractivity contribution in [2.45, 2.75) is 19.3 Å². The van der Waals surface area contributed by atoms with E-state index in [2.05, 4.69) is 21.2 Å². The van der Waals surface area contributed by atoms with E-state index in [1.54, 1.807) is 0 Å². The fraction of sp³-hybridized carbons (Fsp3) is 0.500. The Morgan fingerprint density at radius 3 is 2.61 bits per heavy atom. The Bertz CT molecular complexity index is 533. The van der Waals surface area contributed by atoms with E-state index in [0.717, 1.165) is 6.42 Å². The zero-order valence-corrected chi connectivity index (χ0v) is 15.2. The smallest absolute Gasteiger partial charge is 0.277 e. The van der Waals surface area contributed by atoms with Gasteiger partial charge < -0.3 is 20.5 Å². The summed E-state index contributed by atoms with van der Waals surface area (Å²) in [5.74, 6) is -2.97. The number of carbonyl (C=O) groups is 1. The zero-order chi connectivity index (χ0) is 16.8. The molecule has 0 unspecified atom stereocenters. The molecular weight excluding hydrogens is 398 g/mol. The summed E-state index contributed by atoms with van der Waals surface area (Å²) >= 11 is 3.29. The first kappa shape index (κ1) is 21.9. The molecule has 23 heavy (non-hydrogen) atoms. The molecule has 0 aliphatic carbocycles. The van der Waals surface area contributed by atoms with Crippen LogP contribution in [0.3, 0.4) is 0 Å². The monoisotopic (exact) mass is 416 g/mol. The van der Waals surface area contributed by atoms with Crippen LogP contribution in [-0.4, -0.2) is 38.6 Å². The Morgan fingerprint density at radius 2 is 2.09 bits per heavy atom. The minimum Gasteiger partial charge on any atom is -0.493 e. The maximum absolute atomic E-state index is 13.1. The molecule has 132 valence electrons. The first-order valence-electron chi connectivity index (χ1n) is 6.71. The molecule has 1 rings (SSSR count). The molecule has 1 amide bonds. The number of carbonyl (C=O) groups excluding carboxylic acids is 1. The van der Waals surface area contributed by atoms with Crippen molar-refractivity contribution in [1.82, 2.24) is 5.32 Å². The predicted octanol–water partition coefficient (Wildman–Crippen LogP) is 2.99. The molecule has 0 saturated carbocycles. The molecule has 0 radical (unpaired) electrons. The minimum absolute atomic E-state index is 0. The Labute approximate surface area is 148 Å². The van der Waals surface area contributed by atoms with Crippen LogP contribution < -0.4 is 20.5 Å². The van der Waals surface area contributed by atoms with E-state index >= 15 is 0 Å². The van der Waals surface area contributed by atoms with Gasteiger partial charge in [-0.25, -0.2) is 8.78 Å². The standard InChI is InChI=1S/C14H19BrF2N2O3.ClH/c1-3-4-22-12-10(15)5-9(6-11(12)21-2)13(20)19-8-14(16,17)7-18;/h5-6H,3-4,7-8,18H2,1-2H3,(H,19,20);1H. The highest BCUT2D eigenvalue weighted by Gasteiger charge is 2.27. The molecule has 0 spiro atoms. The highest BCUT2D eigenvalue weighted by molar-refractivity contribution is 9.10. The van der Waals surface area contributed by atoms with Crippen molar-refractivity contribution in [3.8, 4) is 11.5 Å². The van der Waals surface area contributed by atoms with Gasteiger partial charge in [0.15, 0.2) is 11.5 Å². The van der Waals surface area contributed by atoms with Gasteiger partial charge in [-0.3, -0.25) is 4.79 Å². The molecular formula is C14H20BrClF2N2O3. The normalized spacial score (nSPS) is 10.7. The van der Waals surface area contributed by atoms with Crippen molar-refractivity contribution in [1.29, 1.82) is 0 Å². The summed E-state index contributed by atoms with van der Waals surface area (Å²) in [6.07, 6.45) is 0.812. The van der Waals surface area contributed by atoms with Crippen LogP contribution in [0.1, 0.15) is 23.7 Å². The molecule has 0 aliphatic rings. The quantitative estimate of drug-likeness (QED) is 0.682. The molecule has 3 N–H and O–H groups in total. The Balaban J connectivity index is 0.00000484. The van der Waals surface area contributed by atoms with Crippen LogP contribution in [0.5, 0.6) is 11.5 Å². The summed E-state index contributed by atoms with van der Waals surface area (Å²) in [4.78, 5) is 12.0. The lowest BCUT2D eigenvalue weighted by Crippen LogP contribution is -2.41. The van der Waals surface area contributed by atoms with Gasteiger partial charge >= 0.3 is 0 Å². The summed E-state index contributed by atoms with van der Waals surface area (Å²) in [7, 11) is 1.44. The van der Waals surface area contributed by atoms with Crippen LogP contribution in [0.4, 0.5) is 8.78 Å². The second-order valence-corrected chi connectivity index (χ2v) is 5.44. The van der Waals surface area contributed by atoms with Gasteiger partial charge in [-0.05, 0) is 34.5 Å². The van der Waals surface area contributed by atoms with E-state index in [1.165, 1.54) is 19.2 Å². The second-order valence-electron chi connectivity index (χ2n) is 4.58. The first-order valence-corrected chi connectivity index (χ1v) is 7.50. The van der Waals surface area contributed by atoms with E-state index in [9.17, 15) is 13.6 Å². The number of amides is 1. The van der Waals surface area contributed by atoms with E-state index in [0.29, 0.717) is 22.6 Å². The van der Waals surface area contributed by atoms with Gasteiger partial charge in [-0.2, -0.15) is 0 Å². The molecule has 5 nitrogen and oxygen atoms in total. The number of nitrogens with one attached hydrogen (secondary N) is 1. The van der Waals surface area contributed by atoms with Gasteiger partial charge in [0.2, 0.25) is 0 Å². The number of nitrogens with two attached hydrogens (primary N) is 1. The van der Waals surface area contributed by atoms with E-state index < -0.39 is 24.9 Å². The van der Waals surface area contributed by atoms with Gasteiger partial charge in [0.05, 0.1) is 31.3 Å². The lowest BCUT2D eigenvalue weighted by atomic mass is 10.2.